The van der Waals surface area contributed by atoms with E-state index in [0.717, 1.165) is 0 Å². The van der Waals surface area contributed by atoms with E-state index >= 15 is 0 Å². The van der Waals surface area contributed by atoms with Gasteiger partial charge in [0.2, 0.25) is 0 Å². The Hall–Kier alpha value is -0.850. The minimum absolute atomic E-state index is 0.505. The highest BCUT2D eigenvalue weighted by Gasteiger charge is 2.47. The van der Waals surface area contributed by atoms with Crippen molar-refractivity contribution in [3.8, 4) is 0 Å². The van der Waals surface area contributed by atoms with Crippen molar-refractivity contribution in [3.05, 3.63) is 0 Å². The molecule has 1 aliphatic rings. The summed E-state index contributed by atoms with van der Waals surface area (Å²) >= 11 is 0. The number of carboxylic acid groups (broad SMARTS) is 1. The molecule has 1 saturated carbocycles. The van der Waals surface area contributed by atoms with Crippen LogP contribution in [0.3, 0.4) is 0 Å². The molecule has 0 aromatic carbocycles. The van der Waals surface area contributed by atoms with Gasteiger partial charge in [0.25, 0.3) is 0 Å². The lowest BCUT2D eigenvalue weighted by atomic mass is 9.85. The molecule has 1 aliphatic carbocycles. The number of nitrogens with two attached hydrogens (primary N) is 1. The first-order valence-electron chi connectivity index (χ1n) is 5.32. The van der Waals surface area contributed by atoms with E-state index in [0.29, 0.717) is 0 Å². The van der Waals surface area contributed by atoms with E-state index in [2.05, 4.69) is 0 Å². The van der Waals surface area contributed by atoms with E-state index < -0.39 is 55.2 Å². The Morgan fingerprint density at radius 3 is 1.11 bits per heavy atom. The summed E-state index contributed by atoms with van der Waals surface area (Å²) in [6, 6.07) is -1.13. The van der Waals surface area contributed by atoms with Gasteiger partial charge in [0.05, 0.1) is 6.61 Å². The Balaban J connectivity index is 0.000000399. The molecule has 1 rings (SSSR count). The van der Waals surface area contributed by atoms with Crippen molar-refractivity contribution in [1.29, 1.82) is 0 Å². The number of carboxylic acids is 1. The smallest absolute Gasteiger partial charge is 0.322 e. The average Bonchev–Trinajstić information content (AvgIpc) is 2.40. The molecule has 1 atom stereocenters. The molecule has 10 N–H and O–H groups in total. The molecular weight excluding hydrogens is 266 g/mol. The fourth-order valence-corrected chi connectivity index (χ4v) is 1.29. The Morgan fingerprint density at radius 2 is 1.05 bits per heavy atom. The first kappa shape index (κ1) is 18.1. The molecule has 0 saturated heterocycles. The lowest BCUT2D eigenvalue weighted by molar-refractivity contribution is -0.223. The molecule has 10 heteroatoms. The topological polar surface area (TPSA) is 205 Å². The Morgan fingerprint density at radius 1 is 0.842 bits per heavy atom. The second-order valence-electron chi connectivity index (χ2n) is 4.07. The lowest BCUT2D eigenvalue weighted by Crippen LogP contribution is -2.63. The number of aliphatic hydroxyl groups excluding tert-OH is 7. The highest BCUT2D eigenvalue weighted by Crippen LogP contribution is 2.20. The molecule has 0 radical (unpaired) electrons. The van der Waals surface area contributed by atoms with Crippen molar-refractivity contribution in [1.82, 2.24) is 0 Å². The van der Waals surface area contributed by atoms with Crippen LogP contribution in [-0.4, -0.2) is 96.1 Å². The van der Waals surface area contributed by atoms with Gasteiger partial charge in [-0.25, -0.2) is 0 Å². The predicted molar refractivity (Wildman–Crippen MR) is 58.7 cm³/mol. The maximum absolute atomic E-state index is 9.65. The number of rotatable bonds is 2. The number of hydrogen-bond donors (Lipinski definition) is 9. The van der Waals surface area contributed by atoms with E-state index in [1.165, 1.54) is 0 Å². The number of aliphatic hydroxyl groups is 7. The Bertz CT molecular complexity index is 230. The van der Waals surface area contributed by atoms with Crippen molar-refractivity contribution in [2.45, 2.75) is 42.7 Å². The molecule has 0 aliphatic heterocycles. The summed E-state index contributed by atoms with van der Waals surface area (Å²) in [6.45, 7) is -0.505. The van der Waals surface area contributed by atoms with E-state index in [9.17, 15) is 4.79 Å². The van der Waals surface area contributed by atoms with Crippen LogP contribution < -0.4 is 5.73 Å². The second-order valence-corrected chi connectivity index (χ2v) is 4.07. The summed E-state index contributed by atoms with van der Waals surface area (Å²) in [5, 5.41) is 69.7. The van der Waals surface area contributed by atoms with Gasteiger partial charge in [0.1, 0.15) is 42.7 Å². The molecule has 0 aromatic rings. The van der Waals surface area contributed by atoms with E-state index in [-0.39, 0.29) is 0 Å². The fraction of sp³-hybridized carbons (Fsp3) is 0.889. The number of hydrogen-bond acceptors (Lipinski definition) is 9. The second kappa shape index (κ2) is 7.67. The van der Waals surface area contributed by atoms with Crippen LogP contribution in [0.4, 0.5) is 0 Å². The average molecular weight is 285 g/mol. The predicted octanol–water partition coefficient (Wildman–Crippen LogP) is -5.44. The van der Waals surface area contributed by atoms with Gasteiger partial charge in [0.15, 0.2) is 0 Å². The zero-order chi connectivity index (χ0) is 15.3. The summed E-state index contributed by atoms with van der Waals surface area (Å²) in [4.78, 5) is 9.65. The van der Waals surface area contributed by atoms with Crippen molar-refractivity contribution >= 4 is 5.97 Å². The van der Waals surface area contributed by atoms with Crippen LogP contribution in [0, 0.1) is 0 Å². The minimum atomic E-state index is -1.64. The van der Waals surface area contributed by atoms with E-state index in [1.54, 1.807) is 0 Å². The normalized spacial score (nSPS) is 40.0. The largest absolute Gasteiger partial charge is 0.480 e. The van der Waals surface area contributed by atoms with Gasteiger partial charge in [-0.3, -0.25) is 4.79 Å². The van der Waals surface area contributed by atoms with Crippen LogP contribution in [0.25, 0.3) is 0 Å². The molecule has 1 fully saturated rings. The molecule has 0 amide bonds. The standard InChI is InChI=1S/C6H12O6.C3H7NO3/c7-1-2(8)4(10)6(12)5(11)3(1)9;4-2(1-5)3(6)7/h1-12H;2,5H,1,4H2,(H,6,7). The highest BCUT2D eigenvalue weighted by molar-refractivity contribution is 5.73. The monoisotopic (exact) mass is 285 g/mol. The first-order valence-corrected chi connectivity index (χ1v) is 5.32. The third-order valence-corrected chi connectivity index (χ3v) is 2.61. The molecule has 1 unspecified atom stereocenters. The summed E-state index contributed by atoms with van der Waals surface area (Å²) in [5.74, 6) is -1.18. The molecular formula is C9H19NO9. The molecule has 19 heavy (non-hydrogen) atoms. The van der Waals surface area contributed by atoms with Crippen LogP contribution in [0.5, 0.6) is 0 Å². The summed E-state index contributed by atoms with van der Waals surface area (Å²) in [5.41, 5.74) is 4.77. The summed E-state index contributed by atoms with van der Waals surface area (Å²) in [7, 11) is 0. The number of aliphatic carboxylic acids is 1. The summed E-state index contributed by atoms with van der Waals surface area (Å²) in [6.07, 6.45) is -9.84. The van der Waals surface area contributed by atoms with Gasteiger partial charge >= 0.3 is 5.97 Å². The SMILES string of the molecule is NC(CO)C(=O)O.OC1C(O)C(O)C(O)C(O)C1O. The van der Waals surface area contributed by atoms with Gasteiger partial charge in [-0.2, -0.15) is 0 Å². The van der Waals surface area contributed by atoms with Crippen LogP contribution in [0.15, 0.2) is 0 Å². The van der Waals surface area contributed by atoms with Gasteiger partial charge in [0, 0.05) is 0 Å². The molecule has 0 aromatic heterocycles. The first-order chi connectivity index (χ1) is 8.64. The Kier molecular flexibility index (Phi) is 7.33. The fourth-order valence-electron chi connectivity index (χ4n) is 1.29. The quantitative estimate of drug-likeness (QED) is 0.235. The third-order valence-electron chi connectivity index (χ3n) is 2.61. The molecule has 114 valence electrons. The zero-order valence-corrected chi connectivity index (χ0v) is 9.81. The zero-order valence-electron chi connectivity index (χ0n) is 9.81. The molecule has 0 heterocycles. The maximum atomic E-state index is 9.65. The minimum Gasteiger partial charge on any atom is -0.480 e. The van der Waals surface area contributed by atoms with Crippen LogP contribution in [0.2, 0.25) is 0 Å². The summed E-state index contributed by atoms with van der Waals surface area (Å²) < 4.78 is 0. The van der Waals surface area contributed by atoms with Crippen molar-refractivity contribution in [2.24, 2.45) is 5.73 Å². The van der Waals surface area contributed by atoms with Gasteiger partial charge in [-0.05, 0) is 0 Å². The van der Waals surface area contributed by atoms with E-state index in [4.69, 9.17) is 46.6 Å². The van der Waals surface area contributed by atoms with Crippen LogP contribution >= 0.6 is 0 Å². The maximum Gasteiger partial charge on any atom is 0.322 e. The molecule has 0 spiro atoms. The van der Waals surface area contributed by atoms with E-state index in [1.807, 2.05) is 0 Å². The molecule has 10 nitrogen and oxygen atoms in total. The third kappa shape index (κ3) is 4.63. The lowest BCUT2D eigenvalue weighted by Gasteiger charge is -2.39. The van der Waals surface area contributed by atoms with Crippen LogP contribution in [0.1, 0.15) is 0 Å². The number of carbonyl (C=O) groups is 1. The van der Waals surface area contributed by atoms with Crippen molar-refractivity contribution in [2.75, 3.05) is 6.61 Å². The van der Waals surface area contributed by atoms with Crippen molar-refractivity contribution in [3.63, 3.8) is 0 Å². The Labute approximate surface area is 108 Å². The van der Waals surface area contributed by atoms with Crippen LogP contribution in [-0.2, 0) is 4.79 Å². The van der Waals surface area contributed by atoms with Gasteiger partial charge < -0.3 is 46.6 Å². The highest BCUT2D eigenvalue weighted by atomic mass is 16.4. The van der Waals surface area contributed by atoms with Gasteiger partial charge in [-0.1, -0.05) is 0 Å². The van der Waals surface area contributed by atoms with Crippen molar-refractivity contribution < 1.29 is 45.6 Å². The molecule has 0 bridgehead atoms. The van der Waals surface area contributed by atoms with Gasteiger partial charge in [-0.15, -0.1) is 0 Å².